The lowest BCUT2D eigenvalue weighted by Gasteiger charge is -2.34. The van der Waals surface area contributed by atoms with E-state index in [9.17, 15) is 8.78 Å². The predicted octanol–water partition coefficient (Wildman–Crippen LogP) is 4.34. The van der Waals surface area contributed by atoms with Crippen LogP contribution in [0, 0.1) is 11.6 Å². The first kappa shape index (κ1) is 18.1. The molecule has 4 aromatic rings. The zero-order valence-corrected chi connectivity index (χ0v) is 16.0. The number of nitrogens with zero attached hydrogens (tertiary/aromatic N) is 3. The van der Waals surface area contributed by atoms with E-state index in [-0.39, 0.29) is 11.6 Å². The van der Waals surface area contributed by atoms with Gasteiger partial charge in [-0.25, -0.2) is 8.78 Å². The summed E-state index contributed by atoms with van der Waals surface area (Å²) in [4.78, 5) is 7.85. The summed E-state index contributed by atoms with van der Waals surface area (Å²) in [7, 11) is 0. The molecule has 1 fully saturated rings. The minimum Gasteiger partial charge on any atom is -0.361 e. The number of aryl methyl sites for hydroxylation is 1. The molecule has 2 aromatic heterocycles. The van der Waals surface area contributed by atoms with Gasteiger partial charge in [-0.15, -0.1) is 0 Å². The van der Waals surface area contributed by atoms with E-state index in [2.05, 4.69) is 19.9 Å². The van der Waals surface area contributed by atoms with Crippen molar-refractivity contribution in [1.29, 1.82) is 0 Å². The van der Waals surface area contributed by atoms with E-state index in [1.54, 1.807) is 18.2 Å². The van der Waals surface area contributed by atoms with Gasteiger partial charge < -0.3 is 14.4 Å². The molecule has 5 rings (SSSR count). The molecule has 3 heterocycles. The van der Waals surface area contributed by atoms with Crippen LogP contribution < -0.4 is 4.90 Å². The van der Waals surface area contributed by atoms with Gasteiger partial charge >= 0.3 is 0 Å². The Kier molecular flexibility index (Phi) is 4.67. The SMILES string of the molecule is Fc1ccc2c(N3CCN(CCCc4c[nH]c5ccc(F)cc45)CC3)noc2c1. The summed E-state index contributed by atoms with van der Waals surface area (Å²) in [5, 5.41) is 5.98. The van der Waals surface area contributed by atoms with Gasteiger partial charge in [0.15, 0.2) is 11.4 Å². The number of H-pyrrole nitrogens is 1. The molecule has 5 nitrogen and oxygen atoms in total. The first-order chi connectivity index (χ1) is 14.2. The van der Waals surface area contributed by atoms with Crippen LogP contribution in [0.2, 0.25) is 0 Å². The molecule has 0 unspecified atom stereocenters. The summed E-state index contributed by atoms with van der Waals surface area (Å²) in [5.74, 6) is 0.279. The van der Waals surface area contributed by atoms with Gasteiger partial charge in [0.25, 0.3) is 0 Å². The number of anilines is 1. The minimum atomic E-state index is -0.317. The number of halogens is 2. The molecule has 0 radical (unpaired) electrons. The fraction of sp³-hybridized carbons (Fsp3) is 0.318. The number of benzene rings is 2. The van der Waals surface area contributed by atoms with E-state index in [1.807, 2.05) is 6.20 Å². The van der Waals surface area contributed by atoms with Gasteiger partial charge in [-0.2, -0.15) is 0 Å². The number of hydrogen-bond acceptors (Lipinski definition) is 4. The van der Waals surface area contributed by atoms with Crippen molar-refractivity contribution in [2.75, 3.05) is 37.6 Å². The monoisotopic (exact) mass is 396 g/mol. The number of hydrogen-bond donors (Lipinski definition) is 1. The third-order valence-electron chi connectivity index (χ3n) is 5.74. The smallest absolute Gasteiger partial charge is 0.180 e. The van der Waals surface area contributed by atoms with Crippen LogP contribution in [0.1, 0.15) is 12.0 Å². The second-order valence-electron chi connectivity index (χ2n) is 7.58. The summed E-state index contributed by atoms with van der Waals surface area (Å²) < 4.78 is 32.1. The summed E-state index contributed by atoms with van der Waals surface area (Å²) >= 11 is 0. The molecule has 0 saturated carbocycles. The molecule has 29 heavy (non-hydrogen) atoms. The Labute approximate surface area is 166 Å². The molecular formula is C22H22F2N4O. The molecule has 0 bridgehead atoms. The maximum atomic E-state index is 13.5. The number of aromatic nitrogens is 2. The quantitative estimate of drug-likeness (QED) is 0.545. The van der Waals surface area contributed by atoms with Gasteiger partial charge in [0.05, 0.1) is 5.39 Å². The van der Waals surface area contributed by atoms with E-state index in [4.69, 9.17) is 4.52 Å². The van der Waals surface area contributed by atoms with Crippen LogP contribution in [0.15, 0.2) is 47.1 Å². The molecule has 0 amide bonds. The van der Waals surface area contributed by atoms with Crippen molar-refractivity contribution in [1.82, 2.24) is 15.0 Å². The fourth-order valence-corrected chi connectivity index (χ4v) is 4.16. The molecule has 1 aliphatic rings. The van der Waals surface area contributed by atoms with Crippen LogP contribution in [-0.2, 0) is 6.42 Å². The Hall–Kier alpha value is -2.93. The van der Waals surface area contributed by atoms with Gasteiger partial charge in [0.2, 0.25) is 0 Å². The number of piperazine rings is 1. The Balaban J connectivity index is 1.16. The van der Waals surface area contributed by atoms with Crippen molar-refractivity contribution < 1.29 is 13.3 Å². The maximum Gasteiger partial charge on any atom is 0.180 e. The fourth-order valence-electron chi connectivity index (χ4n) is 4.16. The molecular weight excluding hydrogens is 374 g/mol. The van der Waals surface area contributed by atoms with E-state index in [0.29, 0.717) is 5.58 Å². The Morgan fingerprint density at radius 1 is 0.966 bits per heavy atom. The summed E-state index contributed by atoms with van der Waals surface area (Å²) in [6, 6.07) is 9.42. The number of aromatic amines is 1. The molecule has 0 aliphatic carbocycles. The van der Waals surface area contributed by atoms with Gasteiger partial charge in [-0.05, 0) is 55.3 Å². The zero-order valence-electron chi connectivity index (χ0n) is 16.0. The predicted molar refractivity (Wildman–Crippen MR) is 109 cm³/mol. The Morgan fingerprint density at radius 2 is 1.76 bits per heavy atom. The van der Waals surface area contributed by atoms with E-state index in [0.717, 1.165) is 67.7 Å². The van der Waals surface area contributed by atoms with E-state index in [1.165, 1.54) is 23.8 Å². The average Bonchev–Trinajstić information content (AvgIpc) is 3.32. The molecule has 0 spiro atoms. The highest BCUT2D eigenvalue weighted by Gasteiger charge is 2.21. The molecule has 7 heteroatoms. The van der Waals surface area contributed by atoms with Crippen LogP contribution in [0.4, 0.5) is 14.6 Å². The number of nitrogens with one attached hydrogen (secondary N) is 1. The maximum absolute atomic E-state index is 13.5. The first-order valence-corrected chi connectivity index (χ1v) is 9.95. The molecule has 1 saturated heterocycles. The topological polar surface area (TPSA) is 48.3 Å². The van der Waals surface area contributed by atoms with Crippen LogP contribution in [0.25, 0.3) is 21.9 Å². The number of fused-ring (bicyclic) bond motifs is 2. The second-order valence-corrected chi connectivity index (χ2v) is 7.58. The highest BCUT2D eigenvalue weighted by atomic mass is 19.1. The Bertz CT molecular complexity index is 1140. The van der Waals surface area contributed by atoms with Gasteiger partial charge in [-0.3, -0.25) is 4.90 Å². The summed E-state index contributed by atoms with van der Waals surface area (Å²) in [5.41, 5.74) is 2.63. The number of rotatable bonds is 5. The van der Waals surface area contributed by atoms with Crippen molar-refractivity contribution in [3.63, 3.8) is 0 Å². The van der Waals surface area contributed by atoms with Crippen LogP contribution >= 0.6 is 0 Å². The third-order valence-corrected chi connectivity index (χ3v) is 5.74. The van der Waals surface area contributed by atoms with Gasteiger partial charge in [0, 0.05) is 49.3 Å². The highest BCUT2D eigenvalue weighted by molar-refractivity contribution is 5.88. The van der Waals surface area contributed by atoms with Gasteiger partial charge in [0.1, 0.15) is 11.6 Å². The summed E-state index contributed by atoms with van der Waals surface area (Å²) in [6.45, 7) is 4.60. The van der Waals surface area contributed by atoms with E-state index < -0.39 is 0 Å². The average molecular weight is 396 g/mol. The molecule has 1 N–H and O–H groups in total. The lowest BCUT2D eigenvalue weighted by molar-refractivity contribution is 0.254. The zero-order chi connectivity index (χ0) is 19.8. The van der Waals surface area contributed by atoms with Crippen molar-refractivity contribution in [3.8, 4) is 0 Å². The van der Waals surface area contributed by atoms with Crippen molar-refractivity contribution >= 4 is 27.7 Å². The van der Waals surface area contributed by atoms with Gasteiger partial charge in [-0.1, -0.05) is 5.16 Å². The van der Waals surface area contributed by atoms with E-state index >= 15 is 0 Å². The highest BCUT2D eigenvalue weighted by Crippen LogP contribution is 2.27. The normalized spacial score (nSPS) is 15.6. The lowest BCUT2D eigenvalue weighted by Crippen LogP contribution is -2.46. The lowest BCUT2D eigenvalue weighted by atomic mass is 10.1. The van der Waals surface area contributed by atoms with Crippen molar-refractivity contribution in [2.45, 2.75) is 12.8 Å². The van der Waals surface area contributed by atoms with Crippen LogP contribution in [-0.4, -0.2) is 47.8 Å². The second kappa shape index (κ2) is 7.48. The van der Waals surface area contributed by atoms with Crippen molar-refractivity contribution in [2.24, 2.45) is 0 Å². The molecule has 1 aliphatic heterocycles. The molecule has 0 atom stereocenters. The molecule has 150 valence electrons. The summed E-state index contributed by atoms with van der Waals surface area (Å²) in [6.07, 6.45) is 3.93. The minimum absolute atomic E-state index is 0.197. The molecule has 2 aromatic carbocycles. The van der Waals surface area contributed by atoms with Crippen molar-refractivity contribution in [3.05, 3.63) is 59.8 Å². The van der Waals surface area contributed by atoms with Crippen LogP contribution in [0.3, 0.4) is 0 Å². The standard InChI is InChI=1S/C22H22F2N4O/c23-16-4-6-20-19(12-16)15(14-25-20)2-1-7-27-8-10-28(11-9-27)22-18-5-3-17(24)13-21(18)29-26-22/h3-6,12-14,25H,1-2,7-11H2. The third kappa shape index (κ3) is 3.58. The largest absolute Gasteiger partial charge is 0.361 e. The Morgan fingerprint density at radius 3 is 2.62 bits per heavy atom. The van der Waals surface area contributed by atoms with Crippen LogP contribution in [0.5, 0.6) is 0 Å². The first-order valence-electron chi connectivity index (χ1n) is 9.95.